The van der Waals surface area contributed by atoms with Crippen molar-refractivity contribution in [2.24, 2.45) is 23.2 Å². The van der Waals surface area contributed by atoms with Crippen LogP contribution in [-0.4, -0.2) is 28.4 Å². The molecule has 31 heavy (non-hydrogen) atoms. The van der Waals surface area contributed by atoms with Gasteiger partial charge in [-0.1, -0.05) is 12.1 Å². The van der Waals surface area contributed by atoms with E-state index in [0.717, 1.165) is 19.3 Å². The van der Waals surface area contributed by atoms with Crippen molar-refractivity contribution in [3.8, 4) is 0 Å². The number of nitrogens with one attached hydrogen (secondary N) is 2. The molecular weight excluding hydrogens is 394 g/mol. The molecule has 0 unspecified atom stereocenters. The molecule has 0 spiro atoms. The van der Waals surface area contributed by atoms with Crippen LogP contribution in [0.15, 0.2) is 29.1 Å². The highest BCUT2D eigenvalue weighted by molar-refractivity contribution is 5.83. The molecule has 7 nitrogen and oxygen atoms in total. The standard InChI is InChI=1S/C24H29N3O4/c1-14(21-26-19-5-3-2-4-18(19)22(29)27-21)31-20(28)6-7-25-23(30)24-11-15-8-16(12-24)10-17(9-15)13-24/h2-5,14-17H,6-13H2,1H3,(H,25,30)(H,26,27,29)/t14-,15?,16?,17?,24?/m0/s1. The summed E-state index contributed by atoms with van der Waals surface area (Å²) in [6.07, 6.45) is 6.32. The first kappa shape index (κ1) is 20.2. The number of fused-ring (bicyclic) bond motifs is 1. The van der Waals surface area contributed by atoms with Crippen molar-refractivity contribution in [2.45, 2.75) is 58.0 Å². The van der Waals surface area contributed by atoms with Gasteiger partial charge in [-0.2, -0.15) is 0 Å². The fraction of sp³-hybridized carbons (Fsp3) is 0.583. The van der Waals surface area contributed by atoms with Crippen LogP contribution in [0.5, 0.6) is 0 Å². The first-order valence-electron chi connectivity index (χ1n) is 11.4. The maximum absolute atomic E-state index is 13.0. The zero-order chi connectivity index (χ0) is 21.6. The summed E-state index contributed by atoms with van der Waals surface area (Å²) in [4.78, 5) is 44.6. The van der Waals surface area contributed by atoms with Gasteiger partial charge in [0.05, 0.1) is 17.3 Å². The lowest BCUT2D eigenvalue weighted by Gasteiger charge is -2.55. The van der Waals surface area contributed by atoms with Crippen molar-refractivity contribution in [1.82, 2.24) is 15.3 Å². The highest BCUT2D eigenvalue weighted by Gasteiger charge is 2.54. The minimum Gasteiger partial charge on any atom is -0.454 e. The Balaban J connectivity index is 1.15. The number of aromatic nitrogens is 2. The molecule has 2 aromatic rings. The number of nitrogens with zero attached hydrogens (tertiary/aromatic N) is 1. The van der Waals surface area contributed by atoms with E-state index in [9.17, 15) is 14.4 Å². The lowest BCUT2D eigenvalue weighted by atomic mass is 9.49. The Morgan fingerprint density at radius 1 is 1.16 bits per heavy atom. The molecule has 164 valence electrons. The number of esters is 1. The second-order valence-electron chi connectivity index (χ2n) is 9.80. The van der Waals surface area contributed by atoms with Crippen LogP contribution in [0.4, 0.5) is 0 Å². The van der Waals surface area contributed by atoms with Crippen LogP contribution < -0.4 is 10.9 Å². The van der Waals surface area contributed by atoms with Gasteiger partial charge >= 0.3 is 5.97 Å². The first-order valence-corrected chi connectivity index (χ1v) is 11.4. The Labute approximate surface area is 181 Å². The minimum absolute atomic E-state index is 0.0975. The molecule has 4 saturated carbocycles. The smallest absolute Gasteiger partial charge is 0.308 e. The molecule has 0 saturated heterocycles. The minimum atomic E-state index is -0.677. The summed E-state index contributed by atoms with van der Waals surface area (Å²) in [5.74, 6) is 2.13. The number of hydrogen-bond acceptors (Lipinski definition) is 5. The Morgan fingerprint density at radius 3 is 2.48 bits per heavy atom. The third kappa shape index (κ3) is 3.86. The van der Waals surface area contributed by atoms with E-state index < -0.39 is 12.1 Å². The Bertz CT molecular complexity index is 1040. The number of rotatable bonds is 6. The summed E-state index contributed by atoms with van der Waals surface area (Å²) in [7, 11) is 0. The zero-order valence-electron chi connectivity index (χ0n) is 17.9. The van der Waals surface area contributed by atoms with E-state index in [2.05, 4.69) is 15.3 Å². The lowest BCUT2D eigenvalue weighted by molar-refractivity contribution is -0.149. The number of carbonyl (C=O) groups is 2. The molecule has 1 aromatic carbocycles. The average Bonchev–Trinajstić information content (AvgIpc) is 2.72. The topological polar surface area (TPSA) is 101 Å². The number of H-pyrrole nitrogens is 1. The molecular formula is C24H29N3O4. The van der Waals surface area contributed by atoms with Gasteiger partial charge in [-0.25, -0.2) is 4.98 Å². The third-order valence-electron chi connectivity index (χ3n) is 7.46. The summed E-state index contributed by atoms with van der Waals surface area (Å²) >= 11 is 0. The van der Waals surface area contributed by atoms with Crippen LogP contribution in [-0.2, 0) is 14.3 Å². The van der Waals surface area contributed by atoms with Gasteiger partial charge in [0.1, 0.15) is 0 Å². The lowest BCUT2D eigenvalue weighted by Crippen LogP contribution is -2.53. The molecule has 4 aliphatic carbocycles. The number of amides is 1. The van der Waals surface area contributed by atoms with E-state index >= 15 is 0 Å². The van der Waals surface area contributed by atoms with Crippen LogP contribution in [0.25, 0.3) is 10.9 Å². The van der Waals surface area contributed by atoms with Gasteiger partial charge in [0.25, 0.3) is 5.56 Å². The second kappa shape index (κ2) is 7.77. The molecule has 0 aliphatic heterocycles. The molecule has 7 heteroatoms. The van der Waals surface area contributed by atoms with Crippen molar-refractivity contribution in [1.29, 1.82) is 0 Å². The van der Waals surface area contributed by atoms with E-state index in [0.29, 0.717) is 34.5 Å². The molecule has 1 aromatic heterocycles. The molecule has 1 atom stereocenters. The van der Waals surface area contributed by atoms with Gasteiger partial charge in [0, 0.05) is 12.0 Å². The number of hydrogen-bond donors (Lipinski definition) is 2. The first-order chi connectivity index (χ1) is 14.9. The number of ether oxygens (including phenoxy) is 1. The maximum atomic E-state index is 13.0. The fourth-order valence-electron chi connectivity index (χ4n) is 6.46. The van der Waals surface area contributed by atoms with E-state index in [1.54, 1.807) is 25.1 Å². The SMILES string of the molecule is C[C@H](OC(=O)CCNC(=O)C12CC3CC(CC(C3)C1)C2)c1nc2ccccc2c(=O)[nH]1. The van der Waals surface area contributed by atoms with Gasteiger partial charge in [-0.05, 0) is 75.3 Å². The number of aromatic amines is 1. The Kier molecular flexibility index (Phi) is 5.07. The van der Waals surface area contributed by atoms with Crippen molar-refractivity contribution in [3.05, 3.63) is 40.4 Å². The highest BCUT2D eigenvalue weighted by Crippen LogP contribution is 2.60. The fourth-order valence-corrected chi connectivity index (χ4v) is 6.46. The quantitative estimate of drug-likeness (QED) is 0.695. The van der Waals surface area contributed by atoms with Crippen LogP contribution >= 0.6 is 0 Å². The van der Waals surface area contributed by atoms with E-state index in [1.165, 1.54) is 19.3 Å². The van der Waals surface area contributed by atoms with Gasteiger partial charge < -0.3 is 15.0 Å². The molecule has 6 rings (SSSR count). The molecule has 1 amide bonds. The van der Waals surface area contributed by atoms with Crippen LogP contribution in [0.3, 0.4) is 0 Å². The highest BCUT2D eigenvalue weighted by atomic mass is 16.5. The summed E-state index contributed by atoms with van der Waals surface area (Å²) in [6.45, 7) is 1.95. The summed E-state index contributed by atoms with van der Waals surface area (Å²) in [5, 5.41) is 3.50. The second-order valence-corrected chi connectivity index (χ2v) is 9.80. The summed E-state index contributed by atoms with van der Waals surface area (Å²) in [5.41, 5.74) is 0.0961. The molecule has 1 heterocycles. The van der Waals surface area contributed by atoms with Crippen molar-refractivity contribution in [2.75, 3.05) is 6.54 Å². The van der Waals surface area contributed by atoms with E-state index in [4.69, 9.17) is 4.74 Å². The van der Waals surface area contributed by atoms with Crippen LogP contribution in [0.1, 0.15) is 63.8 Å². The van der Waals surface area contributed by atoms with E-state index in [1.807, 2.05) is 6.07 Å². The Morgan fingerprint density at radius 2 is 1.81 bits per heavy atom. The van der Waals surface area contributed by atoms with Gasteiger partial charge in [0.15, 0.2) is 11.9 Å². The zero-order valence-corrected chi connectivity index (χ0v) is 17.9. The number of carbonyl (C=O) groups excluding carboxylic acids is 2. The summed E-state index contributed by atoms with van der Waals surface area (Å²) in [6, 6.07) is 7.04. The monoisotopic (exact) mass is 423 g/mol. The Hall–Kier alpha value is -2.70. The normalized spacial score (nSPS) is 29.6. The molecule has 4 aliphatic rings. The number of para-hydroxylation sites is 1. The van der Waals surface area contributed by atoms with Crippen LogP contribution in [0, 0.1) is 23.2 Å². The molecule has 0 radical (unpaired) electrons. The molecule has 2 N–H and O–H groups in total. The van der Waals surface area contributed by atoms with Crippen molar-refractivity contribution < 1.29 is 14.3 Å². The molecule has 4 fully saturated rings. The number of benzene rings is 1. The third-order valence-corrected chi connectivity index (χ3v) is 7.46. The van der Waals surface area contributed by atoms with Gasteiger partial charge in [-0.3, -0.25) is 14.4 Å². The van der Waals surface area contributed by atoms with Gasteiger partial charge in [-0.15, -0.1) is 0 Å². The van der Waals surface area contributed by atoms with E-state index in [-0.39, 0.29) is 29.8 Å². The predicted molar refractivity (Wildman–Crippen MR) is 115 cm³/mol. The van der Waals surface area contributed by atoms with Crippen LogP contribution in [0.2, 0.25) is 0 Å². The predicted octanol–water partition coefficient (Wildman–Crippen LogP) is 3.25. The summed E-state index contributed by atoms with van der Waals surface area (Å²) < 4.78 is 5.45. The largest absolute Gasteiger partial charge is 0.454 e. The average molecular weight is 424 g/mol. The maximum Gasteiger partial charge on any atom is 0.308 e. The van der Waals surface area contributed by atoms with Crippen molar-refractivity contribution in [3.63, 3.8) is 0 Å². The van der Waals surface area contributed by atoms with Gasteiger partial charge in [0.2, 0.25) is 5.91 Å². The molecule has 4 bridgehead atoms. The van der Waals surface area contributed by atoms with Crippen molar-refractivity contribution >= 4 is 22.8 Å².